The summed E-state index contributed by atoms with van der Waals surface area (Å²) in [6.07, 6.45) is 5.08. The first-order chi connectivity index (χ1) is 5.74. The Labute approximate surface area is 70.9 Å². The molecule has 3 heteroatoms. The Kier molecular flexibility index (Phi) is 2.94. The molecule has 0 spiro atoms. The third kappa shape index (κ3) is 2.13. The van der Waals surface area contributed by atoms with Crippen LogP contribution in [0.5, 0.6) is 0 Å². The van der Waals surface area contributed by atoms with Gasteiger partial charge in [0.1, 0.15) is 0 Å². The van der Waals surface area contributed by atoms with E-state index in [1.54, 1.807) is 12.2 Å². The van der Waals surface area contributed by atoms with Crippen molar-refractivity contribution in [2.45, 2.75) is 6.92 Å². The maximum Gasteiger partial charge on any atom is 0.213 e. The van der Waals surface area contributed by atoms with Crippen LogP contribution in [0.4, 0.5) is 4.39 Å². The molecule has 1 aromatic heterocycles. The fraction of sp³-hybridized carbons (Fsp3) is 0.222. The molecule has 0 aromatic carbocycles. The molecular formula is C9H11FN2. The van der Waals surface area contributed by atoms with Crippen molar-refractivity contribution in [2.75, 3.05) is 6.54 Å². The van der Waals surface area contributed by atoms with Crippen LogP contribution in [0, 0.1) is 12.9 Å². The Morgan fingerprint density at radius 3 is 3.08 bits per heavy atom. The van der Waals surface area contributed by atoms with Gasteiger partial charge in [0.05, 0.1) is 0 Å². The van der Waals surface area contributed by atoms with Gasteiger partial charge in [0, 0.05) is 18.8 Å². The molecule has 0 aliphatic carbocycles. The van der Waals surface area contributed by atoms with E-state index in [1.165, 1.54) is 12.3 Å². The van der Waals surface area contributed by atoms with Gasteiger partial charge in [0.2, 0.25) is 5.95 Å². The van der Waals surface area contributed by atoms with Gasteiger partial charge in [-0.05, 0) is 18.1 Å². The van der Waals surface area contributed by atoms with Crippen molar-refractivity contribution in [3.8, 4) is 0 Å². The Hall–Kier alpha value is -1.22. The van der Waals surface area contributed by atoms with Crippen LogP contribution in [0.1, 0.15) is 11.1 Å². The number of hydrogen-bond donors (Lipinski definition) is 1. The number of halogens is 1. The summed E-state index contributed by atoms with van der Waals surface area (Å²) in [6, 6.07) is 1.39. The Morgan fingerprint density at radius 2 is 2.42 bits per heavy atom. The van der Waals surface area contributed by atoms with E-state index in [-0.39, 0.29) is 0 Å². The van der Waals surface area contributed by atoms with Gasteiger partial charge in [-0.1, -0.05) is 12.2 Å². The maximum atomic E-state index is 12.6. The van der Waals surface area contributed by atoms with Gasteiger partial charge in [0.15, 0.2) is 0 Å². The molecule has 0 aliphatic rings. The van der Waals surface area contributed by atoms with E-state index in [0.717, 1.165) is 11.1 Å². The zero-order chi connectivity index (χ0) is 8.97. The van der Waals surface area contributed by atoms with Crippen molar-refractivity contribution in [2.24, 2.45) is 5.73 Å². The lowest BCUT2D eigenvalue weighted by molar-refractivity contribution is 0.582. The number of hydrogen-bond acceptors (Lipinski definition) is 2. The number of aryl methyl sites for hydroxylation is 1. The van der Waals surface area contributed by atoms with Crippen molar-refractivity contribution in [1.82, 2.24) is 4.98 Å². The van der Waals surface area contributed by atoms with Crippen LogP contribution >= 0.6 is 0 Å². The number of nitrogens with zero attached hydrogens (tertiary/aromatic N) is 1. The first-order valence-corrected chi connectivity index (χ1v) is 3.73. The second kappa shape index (κ2) is 3.97. The molecule has 0 unspecified atom stereocenters. The minimum Gasteiger partial charge on any atom is -0.327 e. The molecule has 1 heterocycles. The van der Waals surface area contributed by atoms with Crippen molar-refractivity contribution in [1.29, 1.82) is 0 Å². The summed E-state index contributed by atoms with van der Waals surface area (Å²) in [5.74, 6) is -0.461. The minimum absolute atomic E-state index is 0.461. The lowest BCUT2D eigenvalue weighted by Gasteiger charge is -1.98. The normalized spacial score (nSPS) is 10.9. The fourth-order valence-corrected chi connectivity index (χ4v) is 0.887. The van der Waals surface area contributed by atoms with E-state index in [9.17, 15) is 4.39 Å². The lowest BCUT2D eigenvalue weighted by Crippen LogP contribution is -1.93. The molecule has 64 valence electrons. The van der Waals surface area contributed by atoms with E-state index in [1.807, 2.05) is 6.92 Å². The monoisotopic (exact) mass is 166 g/mol. The second-order valence-electron chi connectivity index (χ2n) is 2.50. The molecule has 12 heavy (non-hydrogen) atoms. The summed E-state index contributed by atoms with van der Waals surface area (Å²) < 4.78 is 12.6. The highest BCUT2D eigenvalue weighted by molar-refractivity contribution is 5.52. The van der Waals surface area contributed by atoms with E-state index in [0.29, 0.717) is 6.54 Å². The molecule has 0 radical (unpaired) electrons. The SMILES string of the molecule is Cc1cnc(F)cc1C=CCN. The van der Waals surface area contributed by atoms with Crippen molar-refractivity contribution in [3.05, 3.63) is 35.4 Å². The molecule has 0 fully saturated rings. The lowest BCUT2D eigenvalue weighted by atomic mass is 10.1. The average molecular weight is 166 g/mol. The Morgan fingerprint density at radius 1 is 1.67 bits per heavy atom. The van der Waals surface area contributed by atoms with Crippen molar-refractivity contribution < 1.29 is 4.39 Å². The van der Waals surface area contributed by atoms with Crippen LogP contribution in [-0.2, 0) is 0 Å². The van der Waals surface area contributed by atoms with Crippen LogP contribution in [0.3, 0.4) is 0 Å². The minimum atomic E-state index is -0.461. The predicted molar refractivity (Wildman–Crippen MR) is 47.0 cm³/mol. The maximum absolute atomic E-state index is 12.6. The molecule has 1 rings (SSSR count). The zero-order valence-electron chi connectivity index (χ0n) is 6.92. The van der Waals surface area contributed by atoms with Gasteiger partial charge in [-0.3, -0.25) is 0 Å². The van der Waals surface area contributed by atoms with Crippen LogP contribution in [0.15, 0.2) is 18.3 Å². The Bertz CT molecular complexity index is 295. The number of nitrogens with two attached hydrogens (primary N) is 1. The van der Waals surface area contributed by atoms with E-state index in [2.05, 4.69) is 4.98 Å². The standard InChI is InChI=1S/C9H11FN2/c1-7-6-12-9(10)5-8(7)3-2-4-11/h2-3,5-6H,4,11H2,1H3. The largest absolute Gasteiger partial charge is 0.327 e. The van der Waals surface area contributed by atoms with Gasteiger partial charge < -0.3 is 5.73 Å². The third-order valence-corrected chi connectivity index (χ3v) is 1.54. The first-order valence-electron chi connectivity index (χ1n) is 3.73. The molecule has 0 amide bonds. The van der Waals surface area contributed by atoms with Gasteiger partial charge in [-0.2, -0.15) is 4.39 Å². The number of aromatic nitrogens is 1. The molecule has 0 bridgehead atoms. The van der Waals surface area contributed by atoms with Crippen molar-refractivity contribution in [3.63, 3.8) is 0 Å². The van der Waals surface area contributed by atoms with Gasteiger partial charge in [-0.15, -0.1) is 0 Å². The summed E-state index contributed by atoms with van der Waals surface area (Å²) >= 11 is 0. The molecular weight excluding hydrogens is 155 g/mol. The van der Waals surface area contributed by atoms with E-state index in [4.69, 9.17) is 5.73 Å². The first kappa shape index (κ1) is 8.87. The molecule has 0 saturated carbocycles. The summed E-state index contributed by atoms with van der Waals surface area (Å²) in [6.45, 7) is 2.34. The smallest absolute Gasteiger partial charge is 0.213 e. The predicted octanol–water partition coefficient (Wildman–Crippen LogP) is 1.50. The summed E-state index contributed by atoms with van der Waals surface area (Å²) in [4.78, 5) is 3.52. The molecule has 0 saturated heterocycles. The molecule has 2 nitrogen and oxygen atoms in total. The van der Waals surface area contributed by atoms with Gasteiger partial charge in [0.25, 0.3) is 0 Å². The number of rotatable bonds is 2. The summed E-state index contributed by atoms with van der Waals surface area (Å²) in [7, 11) is 0. The molecule has 1 aromatic rings. The molecule has 2 N–H and O–H groups in total. The highest BCUT2D eigenvalue weighted by Gasteiger charge is 1.96. The Balaban J connectivity index is 2.97. The van der Waals surface area contributed by atoms with Crippen LogP contribution in [-0.4, -0.2) is 11.5 Å². The van der Waals surface area contributed by atoms with E-state index >= 15 is 0 Å². The highest BCUT2D eigenvalue weighted by atomic mass is 19.1. The van der Waals surface area contributed by atoms with Crippen molar-refractivity contribution >= 4 is 6.08 Å². The van der Waals surface area contributed by atoms with Gasteiger partial charge >= 0.3 is 0 Å². The fourth-order valence-electron chi connectivity index (χ4n) is 0.887. The van der Waals surface area contributed by atoms with Crippen LogP contribution in [0.25, 0.3) is 6.08 Å². The average Bonchev–Trinajstić information content (AvgIpc) is 2.07. The number of pyridine rings is 1. The van der Waals surface area contributed by atoms with Crippen LogP contribution in [0.2, 0.25) is 0 Å². The highest BCUT2D eigenvalue weighted by Crippen LogP contribution is 2.08. The molecule has 0 atom stereocenters. The zero-order valence-corrected chi connectivity index (χ0v) is 6.92. The summed E-state index contributed by atoms with van der Waals surface area (Å²) in [5.41, 5.74) is 7.04. The van der Waals surface area contributed by atoms with Gasteiger partial charge in [-0.25, -0.2) is 4.98 Å². The third-order valence-electron chi connectivity index (χ3n) is 1.54. The molecule has 0 aliphatic heterocycles. The quantitative estimate of drug-likeness (QED) is 0.676. The van der Waals surface area contributed by atoms with E-state index < -0.39 is 5.95 Å². The topological polar surface area (TPSA) is 38.9 Å². The second-order valence-corrected chi connectivity index (χ2v) is 2.50. The summed E-state index contributed by atoms with van der Waals surface area (Å²) in [5, 5.41) is 0. The van der Waals surface area contributed by atoms with Crippen LogP contribution < -0.4 is 5.73 Å².